The van der Waals surface area contributed by atoms with Gasteiger partial charge in [0.25, 0.3) is 5.91 Å². The van der Waals surface area contributed by atoms with Crippen molar-refractivity contribution in [3.63, 3.8) is 0 Å². The van der Waals surface area contributed by atoms with Gasteiger partial charge in [0.1, 0.15) is 0 Å². The summed E-state index contributed by atoms with van der Waals surface area (Å²) in [5, 5.41) is 7.58. The molecule has 0 aromatic heterocycles. The smallest absolute Gasteiger partial charge is 0.275 e. The zero-order valence-electron chi connectivity index (χ0n) is 14.5. The van der Waals surface area contributed by atoms with Crippen LogP contribution in [0, 0.1) is 0 Å². The number of methoxy groups -OCH3 is 1. The highest BCUT2D eigenvalue weighted by molar-refractivity contribution is 7.80. The van der Waals surface area contributed by atoms with Gasteiger partial charge in [-0.2, -0.15) is 0 Å². The molecule has 1 aliphatic heterocycles. The monoisotopic (exact) mass is 385 g/mol. The van der Waals surface area contributed by atoms with E-state index >= 15 is 0 Å². The van der Waals surface area contributed by atoms with Crippen LogP contribution in [-0.2, 0) is 9.53 Å². The normalized spacial score (nSPS) is 15.0. The van der Waals surface area contributed by atoms with Gasteiger partial charge in [-0.15, -0.1) is 0 Å². The molecule has 6 nitrogen and oxygen atoms in total. The number of anilines is 1. The molecule has 1 aromatic rings. The van der Waals surface area contributed by atoms with Gasteiger partial charge in [-0.1, -0.05) is 11.6 Å². The Morgan fingerprint density at radius 1 is 1.32 bits per heavy atom. The second-order valence-corrected chi connectivity index (χ2v) is 6.87. The summed E-state index contributed by atoms with van der Waals surface area (Å²) in [6.45, 7) is 5.32. The maximum absolute atomic E-state index is 11.9. The van der Waals surface area contributed by atoms with Gasteiger partial charge >= 0.3 is 0 Å². The van der Waals surface area contributed by atoms with Gasteiger partial charge in [-0.25, -0.2) is 0 Å². The highest BCUT2D eigenvalue weighted by Crippen LogP contribution is 2.14. The van der Waals surface area contributed by atoms with E-state index in [0.29, 0.717) is 29.8 Å². The maximum Gasteiger partial charge on any atom is 0.275 e. The fourth-order valence-electron chi connectivity index (χ4n) is 2.67. The van der Waals surface area contributed by atoms with Gasteiger partial charge in [0.05, 0.1) is 26.2 Å². The molecule has 0 saturated carbocycles. The Balaban J connectivity index is 1.67. The number of piperazine rings is 1. The number of carbonyl (C=O) groups excluding carboxylic acids is 1. The lowest BCUT2D eigenvalue weighted by atomic mass is 10.3. The quantitative estimate of drug-likeness (QED) is 0.468. The molecular weight excluding hydrogens is 360 g/mol. The maximum atomic E-state index is 11.9. The van der Waals surface area contributed by atoms with Crippen molar-refractivity contribution >= 4 is 40.5 Å². The molecule has 138 valence electrons. The number of benzene rings is 1. The second kappa shape index (κ2) is 10.6. The minimum Gasteiger partial charge on any atom is -0.385 e. The zero-order chi connectivity index (χ0) is 18.1. The third-order valence-electron chi connectivity index (χ3n) is 4.11. The average Bonchev–Trinajstić information content (AvgIpc) is 2.61. The number of amides is 1. The van der Waals surface area contributed by atoms with Crippen molar-refractivity contribution in [3.05, 3.63) is 29.3 Å². The second-order valence-electron chi connectivity index (χ2n) is 6.05. The van der Waals surface area contributed by atoms with Crippen molar-refractivity contribution in [2.24, 2.45) is 0 Å². The molecule has 25 heavy (non-hydrogen) atoms. The van der Waals surface area contributed by atoms with Crippen LogP contribution in [-0.4, -0.2) is 68.9 Å². The molecule has 1 amide bonds. The molecule has 0 aliphatic carbocycles. The minimum absolute atomic E-state index is 0.0985. The van der Waals surface area contributed by atoms with E-state index in [1.165, 1.54) is 4.90 Å². The van der Waals surface area contributed by atoms with E-state index in [0.717, 1.165) is 38.3 Å². The van der Waals surface area contributed by atoms with Crippen molar-refractivity contribution in [3.8, 4) is 0 Å². The topological polar surface area (TPSA) is 58.0 Å². The summed E-state index contributed by atoms with van der Waals surface area (Å²) in [7, 11) is 1.66. The Bertz CT molecular complexity index is 562. The molecule has 8 heteroatoms. The highest BCUT2D eigenvalue weighted by atomic mass is 35.5. The van der Waals surface area contributed by atoms with Gasteiger partial charge in [-0.3, -0.25) is 4.79 Å². The number of rotatable bonds is 7. The van der Waals surface area contributed by atoms with Crippen LogP contribution < -0.4 is 15.5 Å². The first-order valence-corrected chi connectivity index (χ1v) is 9.28. The Morgan fingerprint density at radius 2 is 2.00 bits per heavy atom. The van der Waals surface area contributed by atoms with E-state index in [4.69, 9.17) is 28.6 Å². The van der Waals surface area contributed by atoms with E-state index in [9.17, 15) is 4.79 Å². The summed E-state index contributed by atoms with van der Waals surface area (Å²) in [6.07, 6.45) is 0.843. The van der Waals surface area contributed by atoms with Gasteiger partial charge in [0.2, 0.25) is 0 Å². The van der Waals surface area contributed by atoms with Crippen LogP contribution >= 0.6 is 23.8 Å². The SMILES string of the molecule is COCCCNC(=O)C[NH+]1CCN(C(=S)Nc2ccc(Cl)cc2)CC1. The van der Waals surface area contributed by atoms with Crippen LogP contribution in [0.25, 0.3) is 0 Å². The molecule has 1 heterocycles. The summed E-state index contributed by atoms with van der Waals surface area (Å²) >= 11 is 11.4. The highest BCUT2D eigenvalue weighted by Gasteiger charge is 2.23. The number of carbonyl (C=O) groups is 1. The van der Waals surface area contributed by atoms with Crippen LogP contribution in [0.1, 0.15) is 6.42 Å². The molecule has 1 aromatic carbocycles. The van der Waals surface area contributed by atoms with Crippen molar-refractivity contribution in [2.75, 3.05) is 58.3 Å². The number of quaternary nitrogens is 1. The number of halogens is 1. The van der Waals surface area contributed by atoms with Crippen LogP contribution in [0.5, 0.6) is 0 Å². The summed E-state index contributed by atoms with van der Waals surface area (Å²) in [6, 6.07) is 7.48. The largest absolute Gasteiger partial charge is 0.385 e. The van der Waals surface area contributed by atoms with Crippen LogP contribution in [0.3, 0.4) is 0 Å². The molecule has 0 bridgehead atoms. The summed E-state index contributed by atoms with van der Waals surface area (Å²) < 4.78 is 4.97. The molecule has 0 unspecified atom stereocenters. The predicted molar refractivity (Wildman–Crippen MR) is 104 cm³/mol. The van der Waals surface area contributed by atoms with Crippen molar-refractivity contribution in [1.82, 2.24) is 10.2 Å². The summed E-state index contributed by atoms with van der Waals surface area (Å²) in [5.41, 5.74) is 0.930. The van der Waals surface area contributed by atoms with Gasteiger partial charge < -0.3 is 25.2 Å². The van der Waals surface area contributed by atoms with Gasteiger partial charge in [-0.05, 0) is 42.9 Å². The molecule has 0 spiro atoms. The molecule has 2 rings (SSSR count). The molecule has 1 saturated heterocycles. The lowest BCUT2D eigenvalue weighted by Crippen LogP contribution is -3.15. The summed E-state index contributed by atoms with van der Waals surface area (Å²) in [5.74, 6) is 0.0985. The number of hydrogen-bond donors (Lipinski definition) is 3. The molecule has 0 atom stereocenters. The zero-order valence-corrected chi connectivity index (χ0v) is 16.1. The van der Waals surface area contributed by atoms with Crippen molar-refractivity contribution in [1.29, 1.82) is 0 Å². The van der Waals surface area contributed by atoms with E-state index < -0.39 is 0 Å². The van der Waals surface area contributed by atoms with Gasteiger partial charge in [0.15, 0.2) is 11.7 Å². The predicted octanol–water partition coefficient (Wildman–Crippen LogP) is 0.390. The van der Waals surface area contributed by atoms with Crippen molar-refractivity contribution < 1.29 is 14.4 Å². The number of nitrogens with zero attached hydrogens (tertiary/aromatic N) is 1. The molecule has 1 aliphatic rings. The first-order valence-electron chi connectivity index (χ1n) is 8.49. The molecule has 3 N–H and O–H groups in total. The summed E-state index contributed by atoms with van der Waals surface area (Å²) in [4.78, 5) is 15.4. The van der Waals surface area contributed by atoms with Crippen molar-refractivity contribution in [2.45, 2.75) is 6.42 Å². The van der Waals surface area contributed by atoms with E-state index in [2.05, 4.69) is 15.5 Å². The first kappa shape index (κ1) is 19.9. The molecular formula is C17H26ClN4O2S+. The van der Waals surface area contributed by atoms with E-state index in [1.54, 1.807) is 7.11 Å². The molecule has 1 fully saturated rings. The minimum atomic E-state index is 0.0985. The fraction of sp³-hybridized carbons (Fsp3) is 0.529. The average molecular weight is 386 g/mol. The van der Waals surface area contributed by atoms with Crippen LogP contribution in [0.4, 0.5) is 5.69 Å². The van der Waals surface area contributed by atoms with E-state index in [-0.39, 0.29) is 5.91 Å². The Morgan fingerprint density at radius 3 is 2.64 bits per heavy atom. The Hall–Kier alpha value is -1.41. The van der Waals surface area contributed by atoms with Crippen LogP contribution in [0.2, 0.25) is 5.02 Å². The number of ether oxygens (including phenoxy) is 1. The van der Waals surface area contributed by atoms with E-state index in [1.807, 2.05) is 24.3 Å². The number of thiocarbonyl (C=S) groups is 1. The lowest BCUT2D eigenvalue weighted by Gasteiger charge is -2.33. The van der Waals surface area contributed by atoms with Gasteiger partial charge in [0, 0.05) is 31.0 Å². The number of hydrogen-bond acceptors (Lipinski definition) is 3. The van der Waals surface area contributed by atoms with Crippen LogP contribution in [0.15, 0.2) is 24.3 Å². The first-order chi connectivity index (χ1) is 12.1. The fourth-order valence-corrected chi connectivity index (χ4v) is 3.10. The third-order valence-corrected chi connectivity index (χ3v) is 4.72. The lowest BCUT2D eigenvalue weighted by molar-refractivity contribution is -0.895. The standard InChI is InChI=1S/C17H25ClN4O2S/c1-24-12-2-7-19-16(23)13-21-8-10-22(11-9-21)17(25)20-15-5-3-14(18)4-6-15/h3-6H,2,7-13H2,1H3,(H,19,23)(H,20,25)/p+1. The third kappa shape index (κ3) is 7.15. The molecule has 0 radical (unpaired) electrons. The Kier molecular flexibility index (Phi) is 8.40. The Labute approximate surface area is 159 Å². The number of nitrogens with one attached hydrogen (secondary N) is 3.